The summed E-state index contributed by atoms with van der Waals surface area (Å²) in [4.78, 5) is 0. The summed E-state index contributed by atoms with van der Waals surface area (Å²) in [5, 5.41) is 17.9. The van der Waals surface area contributed by atoms with E-state index in [4.69, 9.17) is 10.2 Å². The maximum atomic E-state index is 8.96. The highest BCUT2D eigenvalue weighted by atomic mass is 35.5. The Labute approximate surface area is 98.7 Å². The van der Waals surface area contributed by atoms with Crippen LogP contribution < -0.4 is 12.4 Å². The van der Waals surface area contributed by atoms with Crippen molar-refractivity contribution in [1.82, 2.24) is 0 Å². The number of nitrogens with zero attached hydrogens (tertiary/aromatic N) is 2. The van der Waals surface area contributed by atoms with Gasteiger partial charge in [0.15, 0.2) is 0 Å². The van der Waals surface area contributed by atoms with Gasteiger partial charge < -0.3 is 31.6 Å². The summed E-state index contributed by atoms with van der Waals surface area (Å²) in [6.45, 7) is 6.71. The lowest BCUT2D eigenvalue weighted by molar-refractivity contribution is -1.02. The molecule has 0 aromatic carbocycles. The van der Waals surface area contributed by atoms with Crippen LogP contribution in [-0.2, 0) is 0 Å². The quantitative estimate of drug-likeness (QED) is 0.490. The molecule has 1 aliphatic rings. The predicted molar refractivity (Wildman–Crippen MR) is 55.7 cm³/mol. The largest absolute Gasteiger partial charge is 1.00 e. The fourth-order valence-electron chi connectivity index (χ4n) is 2.12. The van der Waals surface area contributed by atoms with Crippen molar-refractivity contribution in [2.24, 2.45) is 0 Å². The van der Waals surface area contributed by atoms with Crippen LogP contribution in [0, 0.1) is 0 Å². The minimum absolute atomic E-state index is 0. The molecule has 0 aliphatic carbocycles. The third-order valence-electron chi connectivity index (χ3n) is 3.64. The van der Waals surface area contributed by atoms with Gasteiger partial charge in [-0.1, -0.05) is 0 Å². The molecule has 0 amide bonds. The molecule has 15 heavy (non-hydrogen) atoms. The number of hydrogen-bond donors (Lipinski definition) is 2. The molecule has 1 heterocycles. The van der Waals surface area contributed by atoms with E-state index < -0.39 is 0 Å². The third kappa shape index (κ3) is 4.25. The number of aliphatic hydroxyl groups excluding tert-OH is 2. The van der Waals surface area contributed by atoms with Crippen molar-refractivity contribution in [3.05, 3.63) is 0 Å². The van der Waals surface area contributed by atoms with E-state index in [0.29, 0.717) is 0 Å². The molecule has 92 valence electrons. The molecule has 1 saturated heterocycles. The van der Waals surface area contributed by atoms with Crippen LogP contribution in [0.4, 0.5) is 0 Å². The van der Waals surface area contributed by atoms with Crippen molar-refractivity contribution in [3.8, 4) is 0 Å². The predicted octanol–water partition coefficient (Wildman–Crippen LogP) is -4.12. The minimum Gasteiger partial charge on any atom is -1.00 e. The molecule has 0 atom stereocenters. The van der Waals surface area contributed by atoms with Crippen LogP contribution in [0.15, 0.2) is 0 Å². The lowest BCUT2D eigenvalue weighted by atomic mass is 10.2. The molecular weight excluding hydrogens is 216 g/mol. The number of piperazine rings is 1. The fourth-order valence-corrected chi connectivity index (χ4v) is 2.12. The molecule has 0 unspecified atom stereocenters. The Bertz CT molecular complexity index is 162. The van der Waals surface area contributed by atoms with Gasteiger partial charge >= 0.3 is 0 Å². The van der Waals surface area contributed by atoms with Crippen LogP contribution >= 0.6 is 0 Å². The Hall–Kier alpha value is 0.130. The van der Waals surface area contributed by atoms with E-state index in [1.165, 1.54) is 0 Å². The van der Waals surface area contributed by atoms with E-state index in [1.807, 2.05) is 0 Å². The van der Waals surface area contributed by atoms with Gasteiger partial charge in [-0.05, 0) is 0 Å². The smallest absolute Gasteiger partial charge is 0.129 e. The highest BCUT2D eigenvalue weighted by Gasteiger charge is 2.36. The van der Waals surface area contributed by atoms with Gasteiger partial charge in [0.25, 0.3) is 0 Å². The van der Waals surface area contributed by atoms with Gasteiger partial charge in [-0.2, -0.15) is 0 Å². The molecule has 0 aromatic heterocycles. The molecule has 0 saturated carbocycles. The molecule has 1 fully saturated rings. The van der Waals surface area contributed by atoms with Crippen molar-refractivity contribution < 1.29 is 31.6 Å². The van der Waals surface area contributed by atoms with Gasteiger partial charge in [-0.15, -0.1) is 0 Å². The van der Waals surface area contributed by atoms with Crippen molar-refractivity contribution >= 4 is 0 Å². The third-order valence-corrected chi connectivity index (χ3v) is 3.64. The average Bonchev–Trinajstić information content (AvgIpc) is 2.13. The highest BCUT2D eigenvalue weighted by molar-refractivity contribution is 4.50. The molecular formula is C10H24ClN2O2+. The van der Waals surface area contributed by atoms with Gasteiger partial charge in [0.2, 0.25) is 0 Å². The van der Waals surface area contributed by atoms with E-state index in [9.17, 15) is 0 Å². The Kier molecular flexibility index (Phi) is 6.06. The average molecular weight is 240 g/mol. The number of quaternary nitrogens is 2. The second-order valence-electron chi connectivity index (χ2n) is 5.03. The van der Waals surface area contributed by atoms with Crippen molar-refractivity contribution in [2.45, 2.75) is 0 Å². The molecule has 4 nitrogen and oxygen atoms in total. The van der Waals surface area contributed by atoms with E-state index >= 15 is 0 Å². The first kappa shape index (κ1) is 15.1. The second kappa shape index (κ2) is 6.01. The molecule has 0 aromatic rings. The SMILES string of the molecule is C[N+]1(CCO)CC[N+](C)(CCO)CC1.[Cl-]. The number of halogens is 1. The Morgan fingerprint density at radius 2 is 1.07 bits per heavy atom. The summed E-state index contributed by atoms with van der Waals surface area (Å²) in [6.07, 6.45) is 0. The highest BCUT2D eigenvalue weighted by Crippen LogP contribution is 2.14. The molecule has 0 spiro atoms. The first-order valence-corrected chi connectivity index (χ1v) is 5.42. The normalized spacial score (nSPS) is 36.0. The molecule has 2 N–H and O–H groups in total. The first-order chi connectivity index (χ1) is 6.54. The second-order valence-corrected chi connectivity index (χ2v) is 5.03. The van der Waals surface area contributed by atoms with Crippen LogP contribution in [-0.4, -0.2) is 85.8 Å². The maximum absolute atomic E-state index is 8.96. The van der Waals surface area contributed by atoms with Crippen molar-refractivity contribution in [1.29, 1.82) is 0 Å². The van der Waals surface area contributed by atoms with Gasteiger partial charge in [-0.3, -0.25) is 0 Å². The Morgan fingerprint density at radius 1 is 0.800 bits per heavy atom. The van der Waals surface area contributed by atoms with Crippen LogP contribution in [0.3, 0.4) is 0 Å². The van der Waals surface area contributed by atoms with Crippen molar-refractivity contribution in [2.75, 3.05) is 66.6 Å². The van der Waals surface area contributed by atoms with E-state index in [0.717, 1.165) is 48.2 Å². The number of aliphatic hydroxyl groups is 2. The minimum atomic E-state index is 0. The summed E-state index contributed by atoms with van der Waals surface area (Å²) in [5.41, 5.74) is 0. The zero-order chi connectivity index (χ0) is 10.7. The summed E-state index contributed by atoms with van der Waals surface area (Å²) in [5.74, 6) is 0. The van der Waals surface area contributed by atoms with E-state index in [-0.39, 0.29) is 25.6 Å². The monoisotopic (exact) mass is 239 g/mol. The number of rotatable bonds is 4. The summed E-state index contributed by atoms with van der Waals surface area (Å²) in [7, 11) is 4.41. The summed E-state index contributed by atoms with van der Waals surface area (Å²) < 4.78 is 1.96. The van der Waals surface area contributed by atoms with Gasteiger partial charge in [-0.25, -0.2) is 0 Å². The van der Waals surface area contributed by atoms with Crippen molar-refractivity contribution in [3.63, 3.8) is 0 Å². The van der Waals surface area contributed by atoms with E-state index in [1.54, 1.807) is 0 Å². The Morgan fingerprint density at radius 3 is 1.27 bits per heavy atom. The number of hydrogen-bond acceptors (Lipinski definition) is 2. The topological polar surface area (TPSA) is 40.5 Å². The maximum Gasteiger partial charge on any atom is 0.129 e. The summed E-state index contributed by atoms with van der Waals surface area (Å²) in [6, 6.07) is 0. The molecule has 1 rings (SSSR count). The zero-order valence-corrected chi connectivity index (χ0v) is 10.6. The van der Waals surface area contributed by atoms with E-state index in [2.05, 4.69) is 14.1 Å². The molecule has 5 heteroatoms. The lowest BCUT2D eigenvalue weighted by Crippen LogP contribution is -3.00. The van der Waals surface area contributed by atoms with Gasteiger partial charge in [0.05, 0.1) is 27.3 Å². The standard InChI is InChI=1S/C10H24N2O2.ClH/c1-11(7-9-13)3-5-12(2,6-4-11)8-10-14;/h13-14H,3-10H2,1-2H3;1H/q+2;/p-1. The lowest BCUT2D eigenvalue weighted by Gasteiger charge is -2.45. The number of likely N-dealkylation sites (N-methyl/N-ethyl adjacent to an activating group) is 2. The van der Waals surface area contributed by atoms with Gasteiger partial charge in [0, 0.05) is 0 Å². The van der Waals surface area contributed by atoms with Crippen LogP contribution in [0.25, 0.3) is 0 Å². The molecule has 1 aliphatic heterocycles. The van der Waals surface area contributed by atoms with Crippen LogP contribution in [0.2, 0.25) is 0 Å². The van der Waals surface area contributed by atoms with Gasteiger partial charge in [0.1, 0.15) is 39.3 Å². The molecule has 0 bridgehead atoms. The molecule has 0 radical (unpaired) electrons. The fraction of sp³-hybridized carbons (Fsp3) is 1.00. The Balaban J connectivity index is 0.00000196. The van der Waals surface area contributed by atoms with Crippen LogP contribution in [0.5, 0.6) is 0 Å². The summed E-state index contributed by atoms with van der Waals surface area (Å²) >= 11 is 0. The zero-order valence-electron chi connectivity index (χ0n) is 9.82. The first-order valence-electron chi connectivity index (χ1n) is 5.42. The van der Waals surface area contributed by atoms with Crippen LogP contribution in [0.1, 0.15) is 0 Å².